The number of carbonyl (C=O) groups excluding carboxylic acids is 2. The van der Waals surface area contributed by atoms with Crippen LogP contribution in [0.1, 0.15) is 28.4 Å². The summed E-state index contributed by atoms with van der Waals surface area (Å²) in [5, 5.41) is 0. The number of benzene rings is 2. The Hall–Kier alpha value is -3.61. The van der Waals surface area contributed by atoms with Crippen LogP contribution in [0.25, 0.3) is 11.1 Å². The number of Topliss-reactive ketones (excluding diaryl/α,β-unsaturated/α-hetero) is 1. The van der Waals surface area contributed by atoms with Gasteiger partial charge in [-0.15, -0.1) is 0 Å². The van der Waals surface area contributed by atoms with Gasteiger partial charge in [0.05, 0.1) is 18.1 Å². The number of amides is 1. The number of hydrogen-bond donors (Lipinski definition) is 0. The van der Waals surface area contributed by atoms with Crippen LogP contribution in [0.2, 0.25) is 0 Å². The Morgan fingerprint density at radius 2 is 1.81 bits per heavy atom. The molecular formula is C24H20F2N2O3. The predicted molar refractivity (Wildman–Crippen MR) is 112 cm³/mol. The topological polar surface area (TPSA) is 59.5 Å². The van der Waals surface area contributed by atoms with Crippen molar-refractivity contribution in [1.29, 1.82) is 0 Å². The van der Waals surface area contributed by atoms with E-state index >= 15 is 0 Å². The lowest BCUT2D eigenvalue weighted by molar-refractivity contribution is -0.120. The molecular weight excluding hydrogens is 402 g/mol. The molecule has 3 aromatic rings. The van der Waals surface area contributed by atoms with Gasteiger partial charge in [0.25, 0.3) is 5.91 Å². The number of hydrogen-bond acceptors (Lipinski definition) is 4. The third-order valence-electron chi connectivity index (χ3n) is 5.46. The Morgan fingerprint density at radius 3 is 2.45 bits per heavy atom. The molecule has 1 amide bonds. The summed E-state index contributed by atoms with van der Waals surface area (Å²) in [5.41, 5.74) is 3.58. The molecule has 0 saturated heterocycles. The monoisotopic (exact) mass is 422 g/mol. The van der Waals surface area contributed by atoms with Crippen LogP contribution < -0.4 is 9.64 Å². The minimum atomic E-state index is -0.840. The first-order valence-corrected chi connectivity index (χ1v) is 9.86. The molecule has 0 aliphatic carbocycles. The van der Waals surface area contributed by atoms with Crippen molar-refractivity contribution in [3.05, 3.63) is 77.1 Å². The molecule has 0 bridgehead atoms. The molecule has 0 atom stereocenters. The van der Waals surface area contributed by atoms with E-state index in [2.05, 4.69) is 4.98 Å². The number of aromatic nitrogens is 1. The van der Waals surface area contributed by atoms with Crippen LogP contribution in [-0.4, -0.2) is 30.3 Å². The highest BCUT2D eigenvalue weighted by Gasteiger charge is 2.24. The molecule has 0 saturated carbocycles. The second kappa shape index (κ2) is 8.26. The Balaban J connectivity index is 1.64. The number of pyridine rings is 1. The summed E-state index contributed by atoms with van der Waals surface area (Å²) in [7, 11) is 1.71. The number of halogens is 2. The third kappa shape index (κ3) is 3.91. The highest BCUT2D eigenvalue weighted by molar-refractivity contribution is 5.99. The van der Waals surface area contributed by atoms with E-state index in [-0.39, 0.29) is 24.5 Å². The molecule has 7 heteroatoms. The molecule has 158 valence electrons. The SMILES string of the molecule is CCc1cc2c(cc1-c1ccc(C(=O)Cc3c(F)cncc3F)cc1)N(C)C(=O)CO2. The number of ether oxygens (including phenoxy) is 1. The van der Waals surface area contributed by atoms with Gasteiger partial charge in [0.1, 0.15) is 17.4 Å². The zero-order chi connectivity index (χ0) is 22.1. The van der Waals surface area contributed by atoms with E-state index in [1.807, 2.05) is 19.1 Å². The van der Waals surface area contributed by atoms with E-state index in [0.29, 0.717) is 17.0 Å². The Morgan fingerprint density at radius 1 is 1.13 bits per heavy atom. The van der Waals surface area contributed by atoms with Crippen molar-refractivity contribution in [2.45, 2.75) is 19.8 Å². The first kappa shape index (κ1) is 20.7. The van der Waals surface area contributed by atoms with Crippen molar-refractivity contribution in [3.63, 3.8) is 0 Å². The lowest BCUT2D eigenvalue weighted by Gasteiger charge is -2.27. The van der Waals surface area contributed by atoms with E-state index in [9.17, 15) is 18.4 Å². The zero-order valence-corrected chi connectivity index (χ0v) is 17.1. The normalized spacial score (nSPS) is 13.0. The van der Waals surface area contributed by atoms with E-state index in [1.165, 1.54) is 0 Å². The largest absolute Gasteiger partial charge is 0.482 e. The van der Waals surface area contributed by atoms with Crippen LogP contribution in [0.15, 0.2) is 48.8 Å². The summed E-state index contributed by atoms with van der Waals surface area (Å²) in [6, 6.07) is 10.7. The Kier molecular flexibility index (Phi) is 5.50. The third-order valence-corrected chi connectivity index (χ3v) is 5.46. The average molecular weight is 422 g/mol. The van der Waals surface area contributed by atoms with Gasteiger partial charge in [-0.3, -0.25) is 14.6 Å². The molecule has 0 unspecified atom stereocenters. The van der Waals surface area contributed by atoms with E-state index < -0.39 is 17.4 Å². The maximum Gasteiger partial charge on any atom is 0.264 e. The molecule has 0 spiro atoms. The number of ketones is 1. The van der Waals surface area contributed by atoms with Gasteiger partial charge in [-0.25, -0.2) is 8.78 Å². The predicted octanol–water partition coefficient (Wildman–Crippen LogP) is 4.37. The summed E-state index contributed by atoms with van der Waals surface area (Å²) >= 11 is 0. The number of aryl methyl sites for hydroxylation is 1. The van der Waals surface area contributed by atoms with E-state index in [4.69, 9.17) is 4.74 Å². The summed E-state index contributed by atoms with van der Waals surface area (Å²) in [6.45, 7) is 2.04. The average Bonchev–Trinajstić information content (AvgIpc) is 2.78. The van der Waals surface area contributed by atoms with Crippen molar-refractivity contribution in [1.82, 2.24) is 4.98 Å². The molecule has 31 heavy (non-hydrogen) atoms. The van der Waals surface area contributed by atoms with E-state index in [0.717, 1.165) is 35.5 Å². The molecule has 1 aliphatic rings. The first-order valence-electron chi connectivity index (χ1n) is 9.86. The number of likely N-dealkylation sites (N-methyl/N-ethyl adjacent to an activating group) is 1. The Bertz CT molecular complexity index is 1160. The maximum atomic E-state index is 13.8. The van der Waals surface area contributed by atoms with Crippen molar-refractivity contribution in [2.24, 2.45) is 0 Å². The zero-order valence-electron chi connectivity index (χ0n) is 17.1. The second-order valence-electron chi connectivity index (χ2n) is 7.33. The quantitative estimate of drug-likeness (QED) is 0.573. The fraction of sp³-hybridized carbons (Fsp3) is 0.208. The Labute approximate surface area is 178 Å². The number of nitrogens with zero attached hydrogens (tertiary/aromatic N) is 2. The van der Waals surface area contributed by atoms with Crippen LogP contribution in [0, 0.1) is 11.6 Å². The molecule has 2 aromatic carbocycles. The molecule has 1 aliphatic heterocycles. The van der Waals surface area contributed by atoms with E-state index in [1.54, 1.807) is 36.2 Å². The molecule has 2 heterocycles. The van der Waals surface area contributed by atoms with Gasteiger partial charge < -0.3 is 9.64 Å². The van der Waals surface area contributed by atoms with Gasteiger partial charge >= 0.3 is 0 Å². The second-order valence-corrected chi connectivity index (χ2v) is 7.33. The highest BCUT2D eigenvalue weighted by Crippen LogP contribution is 2.38. The number of rotatable bonds is 5. The summed E-state index contributed by atoms with van der Waals surface area (Å²) in [4.78, 5) is 29.5. The summed E-state index contributed by atoms with van der Waals surface area (Å²) < 4.78 is 33.2. The molecule has 0 radical (unpaired) electrons. The number of fused-ring (bicyclic) bond motifs is 1. The lowest BCUT2D eigenvalue weighted by Crippen LogP contribution is -2.35. The number of carbonyl (C=O) groups is 2. The van der Waals surface area contributed by atoms with Crippen molar-refractivity contribution in [3.8, 4) is 16.9 Å². The molecule has 4 rings (SSSR count). The lowest BCUT2D eigenvalue weighted by atomic mass is 9.94. The van der Waals surface area contributed by atoms with Gasteiger partial charge in [0, 0.05) is 24.6 Å². The first-order chi connectivity index (χ1) is 14.9. The highest BCUT2D eigenvalue weighted by atomic mass is 19.1. The summed E-state index contributed by atoms with van der Waals surface area (Å²) in [6.07, 6.45) is 2.15. The number of anilines is 1. The fourth-order valence-corrected chi connectivity index (χ4v) is 3.63. The van der Waals surface area contributed by atoms with Gasteiger partial charge in [-0.2, -0.15) is 0 Å². The van der Waals surface area contributed by atoms with Crippen molar-refractivity contribution >= 4 is 17.4 Å². The van der Waals surface area contributed by atoms with Crippen molar-refractivity contribution in [2.75, 3.05) is 18.6 Å². The molecule has 1 aromatic heterocycles. The van der Waals surface area contributed by atoms with Crippen molar-refractivity contribution < 1.29 is 23.1 Å². The molecule has 0 N–H and O–H groups in total. The fourth-order valence-electron chi connectivity index (χ4n) is 3.63. The van der Waals surface area contributed by atoms with Crippen LogP contribution in [0.4, 0.5) is 14.5 Å². The minimum Gasteiger partial charge on any atom is -0.482 e. The van der Waals surface area contributed by atoms with Crippen LogP contribution >= 0.6 is 0 Å². The van der Waals surface area contributed by atoms with Crippen LogP contribution in [0.3, 0.4) is 0 Å². The standard InChI is InChI=1S/C24H20F2N2O3/c1-3-14-8-23-21(28(2)24(30)13-31-23)9-17(14)15-4-6-16(7-5-15)22(29)10-18-19(25)11-27-12-20(18)26/h4-9,11-12H,3,10,13H2,1-2H3. The summed E-state index contributed by atoms with van der Waals surface area (Å²) in [5.74, 6) is -1.54. The molecule has 0 fully saturated rings. The van der Waals surface area contributed by atoms with Gasteiger partial charge in [-0.1, -0.05) is 31.2 Å². The van der Waals surface area contributed by atoms with Gasteiger partial charge in [0.2, 0.25) is 0 Å². The van der Waals surface area contributed by atoms with Gasteiger partial charge in [-0.05, 0) is 35.2 Å². The van der Waals surface area contributed by atoms with Crippen LogP contribution in [0.5, 0.6) is 5.75 Å². The maximum absolute atomic E-state index is 13.8. The van der Waals surface area contributed by atoms with Crippen LogP contribution in [-0.2, 0) is 17.6 Å². The smallest absolute Gasteiger partial charge is 0.264 e. The molecule has 5 nitrogen and oxygen atoms in total. The minimum absolute atomic E-state index is 0.0154. The van der Waals surface area contributed by atoms with Gasteiger partial charge in [0.15, 0.2) is 12.4 Å².